The van der Waals surface area contributed by atoms with Crippen molar-refractivity contribution in [1.29, 1.82) is 0 Å². The van der Waals surface area contributed by atoms with Gasteiger partial charge in [-0.1, -0.05) is 52.7 Å². The lowest BCUT2D eigenvalue weighted by Gasteiger charge is -2.40. The van der Waals surface area contributed by atoms with Gasteiger partial charge in [0.05, 0.1) is 33.5 Å². The number of likely N-dealkylation sites (N-methyl/N-ethyl adjacent to an activating group) is 1. The molecule has 0 spiro atoms. The Bertz CT molecular complexity index is 1210. The number of benzene rings is 1. The summed E-state index contributed by atoms with van der Waals surface area (Å²) < 4.78 is 6.13. The van der Waals surface area contributed by atoms with Gasteiger partial charge in [0, 0.05) is 23.7 Å². The quantitative estimate of drug-likeness (QED) is 0.224. The Morgan fingerprint density at radius 2 is 1.98 bits per heavy atom. The van der Waals surface area contributed by atoms with Crippen LogP contribution in [-0.2, 0) is 20.7 Å². The smallest absolute Gasteiger partial charge is 0.332 e. The molecule has 5 atom stereocenters. The molecule has 11 heteroatoms. The van der Waals surface area contributed by atoms with E-state index in [1.165, 1.54) is 11.8 Å². The molecule has 1 aromatic carbocycles. The molecular formula is C30H43N3O5S3. The highest BCUT2D eigenvalue weighted by Crippen LogP contribution is 2.45. The molecule has 3 aliphatic heterocycles. The molecule has 0 aliphatic carbocycles. The van der Waals surface area contributed by atoms with Crippen molar-refractivity contribution in [1.82, 2.24) is 4.90 Å². The van der Waals surface area contributed by atoms with E-state index in [1.54, 1.807) is 31.7 Å². The van der Waals surface area contributed by atoms with Gasteiger partial charge in [-0.15, -0.1) is 35.3 Å². The maximum absolute atomic E-state index is 12.6. The zero-order valence-electron chi connectivity index (χ0n) is 24.9. The van der Waals surface area contributed by atoms with Crippen molar-refractivity contribution < 1.29 is 24.5 Å². The first-order valence-corrected chi connectivity index (χ1v) is 17.5. The third-order valence-corrected chi connectivity index (χ3v) is 12.4. The van der Waals surface area contributed by atoms with Crippen LogP contribution in [0.15, 0.2) is 28.2 Å². The van der Waals surface area contributed by atoms with Gasteiger partial charge in [-0.25, -0.2) is 4.79 Å². The van der Waals surface area contributed by atoms with E-state index >= 15 is 0 Å². The first kappa shape index (κ1) is 32.2. The van der Waals surface area contributed by atoms with Gasteiger partial charge in [-0.2, -0.15) is 0 Å². The molecule has 3 heterocycles. The van der Waals surface area contributed by atoms with Crippen LogP contribution >= 0.6 is 35.3 Å². The summed E-state index contributed by atoms with van der Waals surface area (Å²) in [6.07, 6.45) is 4.07. The number of aryl methyl sites for hydroxylation is 1. The SMILES string of the molecule is CCCCCc1cccc(O)c1C1=N[C@@H]([C@H]2SC[C@@H]([C@@H](OC(=O)CC)C(C)(C)C3=N[C@@](C)(C(=O)O)CS3)N2C)CS1. The van der Waals surface area contributed by atoms with Crippen molar-refractivity contribution in [2.24, 2.45) is 15.4 Å². The van der Waals surface area contributed by atoms with Gasteiger partial charge in [-0.05, 0) is 38.4 Å². The Morgan fingerprint density at radius 1 is 1.22 bits per heavy atom. The van der Waals surface area contributed by atoms with Crippen LogP contribution in [0.3, 0.4) is 0 Å². The highest BCUT2D eigenvalue weighted by Gasteiger charge is 2.52. The van der Waals surface area contributed by atoms with E-state index in [4.69, 9.17) is 9.73 Å². The minimum Gasteiger partial charge on any atom is -0.507 e. The minimum atomic E-state index is -1.18. The molecular weight excluding hydrogens is 579 g/mol. The molecule has 0 radical (unpaired) electrons. The van der Waals surface area contributed by atoms with Crippen LogP contribution < -0.4 is 0 Å². The molecule has 226 valence electrons. The monoisotopic (exact) mass is 621 g/mol. The summed E-state index contributed by atoms with van der Waals surface area (Å²) in [7, 11) is 2.07. The molecule has 1 saturated heterocycles. The zero-order chi connectivity index (χ0) is 29.9. The number of carboxylic acid groups (broad SMARTS) is 1. The Hall–Kier alpha value is -1.69. The normalized spacial score (nSPS) is 27.5. The molecule has 0 bridgehead atoms. The van der Waals surface area contributed by atoms with Crippen molar-refractivity contribution in [2.75, 3.05) is 24.3 Å². The standard InChI is InChI=1S/C30H43N3O5S3/c1-7-9-10-12-18-13-11-14-21(34)23(18)25-31-19(15-39-25)26-33(6)20(16-40-26)24(38-22(35)8-2)29(3,4)27-32-30(5,17-41-27)28(36)37/h11,13-14,19-20,24,26,34H,7-10,12,15-17H2,1-6H3,(H,36,37)/t19-,20+,24-,26-,30-/m1/s1. The summed E-state index contributed by atoms with van der Waals surface area (Å²) in [5.41, 5.74) is 0.165. The summed E-state index contributed by atoms with van der Waals surface area (Å²) in [6.45, 7) is 9.62. The fraction of sp³-hybridized carbons (Fsp3) is 0.667. The number of phenols is 1. The van der Waals surface area contributed by atoms with Crippen LogP contribution in [0.2, 0.25) is 0 Å². The number of unbranched alkanes of at least 4 members (excludes halogenated alkanes) is 2. The lowest BCUT2D eigenvalue weighted by molar-refractivity contribution is -0.156. The highest BCUT2D eigenvalue weighted by atomic mass is 32.2. The molecule has 1 aromatic rings. The second-order valence-corrected chi connectivity index (χ2v) is 14.9. The number of aliphatic imine (C=N–C) groups is 2. The van der Waals surface area contributed by atoms with Gasteiger partial charge >= 0.3 is 11.9 Å². The molecule has 0 aromatic heterocycles. The Labute approximate surface area is 256 Å². The molecule has 0 saturated carbocycles. The van der Waals surface area contributed by atoms with Gasteiger partial charge in [0.25, 0.3) is 0 Å². The van der Waals surface area contributed by atoms with Crippen LogP contribution in [0, 0.1) is 5.41 Å². The van der Waals surface area contributed by atoms with Gasteiger partial charge in [0.1, 0.15) is 16.9 Å². The van der Waals surface area contributed by atoms with E-state index in [2.05, 4.69) is 29.9 Å². The van der Waals surface area contributed by atoms with E-state index in [-0.39, 0.29) is 35.6 Å². The maximum atomic E-state index is 12.6. The number of nitrogens with zero attached hydrogens (tertiary/aromatic N) is 3. The molecule has 3 aliphatic rings. The molecule has 4 rings (SSSR count). The van der Waals surface area contributed by atoms with Gasteiger partial charge in [0.2, 0.25) is 0 Å². The zero-order valence-corrected chi connectivity index (χ0v) is 27.3. The van der Waals surface area contributed by atoms with Crippen LogP contribution in [-0.4, -0.2) is 90.5 Å². The average Bonchev–Trinajstić information content (AvgIpc) is 3.66. The molecule has 0 amide bonds. The Balaban J connectivity index is 1.57. The predicted octanol–water partition coefficient (Wildman–Crippen LogP) is 5.70. The Morgan fingerprint density at radius 3 is 2.63 bits per heavy atom. The first-order chi connectivity index (χ1) is 19.4. The predicted molar refractivity (Wildman–Crippen MR) is 172 cm³/mol. The van der Waals surface area contributed by atoms with Crippen LogP contribution in [0.4, 0.5) is 0 Å². The summed E-state index contributed by atoms with van der Waals surface area (Å²) in [5.74, 6) is 0.989. The van der Waals surface area contributed by atoms with Gasteiger partial charge < -0.3 is 14.9 Å². The topological polar surface area (TPSA) is 112 Å². The Kier molecular flexibility index (Phi) is 10.5. The second kappa shape index (κ2) is 13.3. The number of hydrogen-bond acceptors (Lipinski definition) is 10. The number of thioether (sulfide) groups is 3. The number of carboxylic acids is 1. The average molecular weight is 622 g/mol. The van der Waals surface area contributed by atoms with E-state index in [0.717, 1.165) is 53.4 Å². The third-order valence-electron chi connectivity index (χ3n) is 8.22. The van der Waals surface area contributed by atoms with E-state index in [1.807, 2.05) is 31.7 Å². The number of carbonyl (C=O) groups excluding carboxylic acids is 1. The number of carbonyl (C=O) groups is 2. The summed E-state index contributed by atoms with van der Waals surface area (Å²) >= 11 is 4.96. The highest BCUT2D eigenvalue weighted by molar-refractivity contribution is 8.15. The fourth-order valence-electron chi connectivity index (χ4n) is 5.57. The summed E-state index contributed by atoms with van der Waals surface area (Å²) in [6, 6.07) is 5.69. The third kappa shape index (κ3) is 6.78. The van der Waals surface area contributed by atoms with Gasteiger partial charge in [-0.3, -0.25) is 19.7 Å². The summed E-state index contributed by atoms with van der Waals surface area (Å²) in [5, 5.41) is 22.2. The van der Waals surface area contributed by atoms with Crippen molar-refractivity contribution in [3.05, 3.63) is 29.3 Å². The van der Waals surface area contributed by atoms with Crippen LogP contribution in [0.25, 0.3) is 0 Å². The first-order valence-electron chi connectivity index (χ1n) is 14.4. The lowest BCUT2D eigenvalue weighted by atomic mass is 9.82. The van der Waals surface area contributed by atoms with E-state index < -0.39 is 23.0 Å². The number of ether oxygens (including phenoxy) is 1. The minimum absolute atomic E-state index is 0.0252. The largest absolute Gasteiger partial charge is 0.507 e. The number of aliphatic carboxylic acids is 1. The molecule has 1 fully saturated rings. The number of rotatable bonds is 12. The lowest BCUT2D eigenvalue weighted by Crippen LogP contribution is -2.53. The van der Waals surface area contributed by atoms with Crippen LogP contribution in [0.1, 0.15) is 71.4 Å². The maximum Gasteiger partial charge on any atom is 0.332 e. The fourth-order valence-corrected chi connectivity index (χ4v) is 9.81. The summed E-state index contributed by atoms with van der Waals surface area (Å²) in [4.78, 5) is 36.6. The molecule has 0 unspecified atom stereocenters. The van der Waals surface area contributed by atoms with Crippen molar-refractivity contribution in [2.45, 2.75) is 95.8 Å². The van der Waals surface area contributed by atoms with Crippen molar-refractivity contribution in [3.63, 3.8) is 0 Å². The molecule has 41 heavy (non-hydrogen) atoms. The number of phenolic OH excluding ortho intramolecular Hbond substituents is 1. The molecule has 8 nitrogen and oxygen atoms in total. The van der Waals surface area contributed by atoms with Crippen LogP contribution in [0.5, 0.6) is 5.75 Å². The van der Waals surface area contributed by atoms with E-state index in [0.29, 0.717) is 10.8 Å². The van der Waals surface area contributed by atoms with Crippen molar-refractivity contribution >= 4 is 57.3 Å². The number of hydrogen-bond donors (Lipinski definition) is 2. The van der Waals surface area contributed by atoms with E-state index in [9.17, 15) is 19.8 Å². The van der Waals surface area contributed by atoms with Gasteiger partial charge in [0.15, 0.2) is 5.54 Å². The number of esters is 1. The van der Waals surface area contributed by atoms with Crippen molar-refractivity contribution in [3.8, 4) is 5.75 Å². The second-order valence-electron chi connectivity index (χ2n) is 11.8. The number of aromatic hydroxyl groups is 1. The molecule has 2 N–H and O–H groups in total.